The highest BCUT2D eigenvalue weighted by atomic mass is 16.5. The number of rotatable bonds is 6. The van der Waals surface area contributed by atoms with Gasteiger partial charge < -0.3 is 15.4 Å². The molecule has 16 heavy (non-hydrogen) atoms. The standard InChI is InChI=1S/C12H24N2O2/c1-2-11-3-7-14(8-4-11)12(15)5-9-16-10-6-13/h11H,2-10,13H2,1H3. The van der Waals surface area contributed by atoms with Gasteiger partial charge in [0.1, 0.15) is 0 Å². The number of hydrogen-bond donors (Lipinski definition) is 1. The summed E-state index contributed by atoms with van der Waals surface area (Å²) in [7, 11) is 0. The van der Waals surface area contributed by atoms with Crippen molar-refractivity contribution in [2.45, 2.75) is 32.6 Å². The third-order valence-corrected chi connectivity index (χ3v) is 3.27. The minimum Gasteiger partial charge on any atom is -0.380 e. The molecule has 4 nitrogen and oxygen atoms in total. The minimum atomic E-state index is 0.228. The number of ether oxygens (including phenoxy) is 1. The van der Waals surface area contributed by atoms with Crippen LogP contribution < -0.4 is 5.73 Å². The lowest BCUT2D eigenvalue weighted by Crippen LogP contribution is -2.38. The van der Waals surface area contributed by atoms with E-state index in [1.165, 1.54) is 6.42 Å². The summed E-state index contributed by atoms with van der Waals surface area (Å²) in [5.41, 5.74) is 5.30. The Labute approximate surface area is 98.1 Å². The van der Waals surface area contributed by atoms with Crippen LogP contribution in [0, 0.1) is 5.92 Å². The summed E-state index contributed by atoms with van der Waals surface area (Å²) >= 11 is 0. The molecule has 4 heteroatoms. The lowest BCUT2D eigenvalue weighted by atomic mass is 9.94. The van der Waals surface area contributed by atoms with Gasteiger partial charge in [0, 0.05) is 19.6 Å². The molecule has 1 amide bonds. The van der Waals surface area contributed by atoms with Crippen molar-refractivity contribution in [1.82, 2.24) is 4.90 Å². The molecule has 1 saturated heterocycles. The zero-order chi connectivity index (χ0) is 11.8. The summed E-state index contributed by atoms with van der Waals surface area (Å²) in [5, 5.41) is 0. The first kappa shape index (κ1) is 13.5. The van der Waals surface area contributed by atoms with E-state index in [1.807, 2.05) is 4.90 Å². The van der Waals surface area contributed by atoms with Crippen LogP contribution in [0.2, 0.25) is 0 Å². The molecule has 0 spiro atoms. The van der Waals surface area contributed by atoms with E-state index in [-0.39, 0.29) is 5.91 Å². The van der Waals surface area contributed by atoms with Crippen molar-refractivity contribution in [2.24, 2.45) is 11.7 Å². The predicted octanol–water partition coefficient (Wildman–Crippen LogP) is 1.00. The van der Waals surface area contributed by atoms with Crippen LogP contribution in [0.5, 0.6) is 0 Å². The molecule has 1 fully saturated rings. The van der Waals surface area contributed by atoms with Gasteiger partial charge >= 0.3 is 0 Å². The molecule has 0 aromatic heterocycles. The second-order valence-corrected chi connectivity index (χ2v) is 4.38. The Bertz CT molecular complexity index is 201. The van der Waals surface area contributed by atoms with Crippen LogP contribution in [0.15, 0.2) is 0 Å². The molecule has 0 saturated carbocycles. The highest BCUT2D eigenvalue weighted by Gasteiger charge is 2.21. The lowest BCUT2D eigenvalue weighted by Gasteiger charge is -2.31. The quantitative estimate of drug-likeness (QED) is 0.690. The van der Waals surface area contributed by atoms with Crippen LogP contribution in [-0.2, 0) is 9.53 Å². The summed E-state index contributed by atoms with van der Waals surface area (Å²) in [4.78, 5) is 13.7. The largest absolute Gasteiger partial charge is 0.380 e. The molecule has 0 aromatic rings. The molecular weight excluding hydrogens is 204 g/mol. The second kappa shape index (κ2) is 7.63. The van der Waals surface area contributed by atoms with Crippen LogP contribution in [0.4, 0.5) is 0 Å². The van der Waals surface area contributed by atoms with E-state index in [1.54, 1.807) is 0 Å². The third-order valence-electron chi connectivity index (χ3n) is 3.27. The summed E-state index contributed by atoms with van der Waals surface area (Å²) in [6.07, 6.45) is 4.05. The van der Waals surface area contributed by atoms with E-state index in [2.05, 4.69) is 6.92 Å². The van der Waals surface area contributed by atoms with E-state index < -0.39 is 0 Å². The maximum atomic E-state index is 11.8. The van der Waals surface area contributed by atoms with Crippen molar-refractivity contribution >= 4 is 5.91 Å². The van der Waals surface area contributed by atoms with E-state index in [4.69, 9.17) is 10.5 Å². The highest BCUT2D eigenvalue weighted by Crippen LogP contribution is 2.20. The molecule has 0 unspecified atom stereocenters. The van der Waals surface area contributed by atoms with Crippen LogP contribution in [-0.4, -0.2) is 43.7 Å². The van der Waals surface area contributed by atoms with Crippen molar-refractivity contribution in [3.63, 3.8) is 0 Å². The number of carbonyl (C=O) groups is 1. The average Bonchev–Trinajstić information content (AvgIpc) is 2.34. The molecule has 1 aliphatic heterocycles. The van der Waals surface area contributed by atoms with E-state index in [9.17, 15) is 4.79 Å². The third kappa shape index (κ3) is 4.49. The van der Waals surface area contributed by atoms with Crippen molar-refractivity contribution in [3.05, 3.63) is 0 Å². The first-order valence-corrected chi connectivity index (χ1v) is 6.33. The topological polar surface area (TPSA) is 55.6 Å². The van der Waals surface area contributed by atoms with Gasteiger partial charge in [-0.1, -0.05) is 13.3 Å². The van der Waals surface area contributed by atoms with E-state index in [0.717, 1.165) is 31.8 Å². The molecule has 1 rings (SSSR count). The normalized spacial score (nSPS) is 17.8. The fourth-order valence-corrected chi connectivity index (χ4v) is 2.09. The SMILES string of the molecule is CCC1CCN(C(=O)CCOCCN)CC1. The molecular formula is C12H24N2O2. The number of hydrogen-bond acceptors (Lipinski definition) is 3. The molecule has 0 aliphatic carbocycles. The number of piperidine rings is 1. The van der Waals surface area contributed by atoms with Crippen LogP contribution in [0.1, 0.15) is 32.6 Å². The molecule has 94 valence electrons. The predicted molar refractivity (Wildman–Crippen MR) is 64.1 cm³/mol. The van der Waals surface area contributed by atoms with Gasteiger partial charge in [0.25, 0.3) is 0 Å². The Morgan fingerprint density at radius 3 is 2.62 bits per heavy atom. The van der Waals surface area contributed by atoms with Gasteiger partial charge in [-0.2, -0.15) is 0 Å². The zero-order valence-electron chi connectivity index (χ0n) is 10.3. The Kier molecular flexibility index (Phi) is 6.42. The number of carbonyl (C=O) groups excluding carboxylic acids is 1. The Morgan fingerprint density at radius 2 is 2.06 bits per heavy atom. The molecule has 0 radical (unpaired) electrons. The van der Waals surface area contributed by atoms with Crippen molar-refractivity contribution < 1.29 is 9.53 Å². The molecule has 1 aliphatic rings. The average molecular weight is 228 g/mol. The summed E-state index contributed by atoms with van der Waals surface area (Å²) in [6, 6.07) is 0. The maximum absolute atomic E-state index is 11.8. The Hall–Kier alpha value is -0.610. The van der Waals surface area contributed by atoms with Crippen molar-refractivity contribution in [3.8, 4) is 0 Å². The van der Waals surface area contributed by atoms with Gasteiger partial charge in [-0.15, -0.1) is 0 Å². The lowest BCUT2D eigenvalue weighted by molar-refractivity contribution is -0.133. The van der Waals surface area contributed by atoms with Crippen LogP contribution in [0.25, 0.3) is 0 Å². The highest BCUT2D eigenvalue weighted by molar-refractivity contribution is 5.76. The molecule has 0 atom stereocenters. The Morgan fingerprint density at radius 1 is 1.38 bits per heavy atom. The summed E-state index contributed by atoms with van der Waals surface area (Å²) in [6.45, 7) is 5.65. The number of amides is 1. The first-order valence-electron chi connectivity index (χ1n) is 6.33. The number of nitrogens with two attached hydrogens (primary N) is 1. The fourth-order valence-electron chi connectivity index (χ4n) is 2.09. The first-order chi connectivity index (χ1) is 7.77. The van der Waals surface area contributed by atoms with Gasteiger partial charge in [0.05, 0.1) is 19.6 Å². The van der Waals surface area contributed by atoms with Gasteiger partial charge in [0.2, 0.25) is 5.91 Å². The Balaban J connectivity index is 2.13. The number of nitrogens with zero attached hydrogens (tertiary/aromatic N) is 1. The monoisotopic (exact) mass is 228 g/mol. The molecule has 2 N–H and O–H groups in total. The van der Waals surface area contributed by atoms with Gasteiger partial charge in [-0.25, -0.2) is 0 Å². The van der Waals surface area contributed by atoms with Gasteiger partial charge in [-0.05, 0) is 18.8 Å². The van der Waals surface area contributed by atoms with Crippen LogP contribution in [0.3, 0.4) is 0 Å². The summed E-state index contributed by atoms with van der Waals surface area (Å²) < 4.78 is 5.21. The van der Waals surface area contributed by atoms with Crippen LogP contribution >= 0.6 is 0 Å². The van der Waals surface area contributed by atoms with Crippen molar-refractivity contribution in [1.29, 1.82) is 0 Å². The van der Waals surface area contributed by atoms with Crippen molar-refractivity contribution in [2.75, 3.05) is 32.8 Å². The van der Waals surface area contributed by atoms with Gasteiger partial charge in [0.15, 0.2) is 0 Å². The molecule has 0 bridgehead atoms. The van der Waals surface area contributed by atoms with Gasteiger partial charge in [-0.3, -0.25) is 4.79 Å². The fraction of sp³-hybridized carbons (Fsp3) is 0.917. The maximum Gasteiger partial charge on any atom is 0.224 e. The zero-order valence-corrected chi connectivity index (χ0v) is 10.3. The van der Waals surface area contributed by atoms with E-state index in [0.29, 0.717) is 26.2 Å². The summed E-state index contributed by atoms with van der Waals surface area (Å²) in [5.74, 6) is 1.05. The molecule has 1 heterocycles. The minimum absolute atomic E-state index is 0.228. The second-order valence-electron chi connectivity index (χ2n) is 4.38. The molecule has 0 aromatic carbocycles. The smallest absolute Gasteiger partial charge is 0.224 e. The van der Waals surface area contributed by atoms with E-state index >= 15 is 0 Å². The number of likely N-dealkylation sites (tertiary alicyclic amines) is 1.